The molecule has 2 aromatic rings. The maximum absolute atomic E-state index is 13.2. The number of amides is 1. The van der Waals surface area contributed by atoms with E-state index in [4.69, 9.17) is 19.9 Å². The quantitative estimate of drug-likeness (QED) is 0.489. The highest BCUT2D eigenvalue weighted by atomic mass is 16.5. The molecule has 1 aromatic heterocycles. The minimum Gasteiger partial charge on any atom is -0.491 e. The van der Waals surface area contributed by atoms with Gasteiger partial charge in [-0.15, -0.1) is 0 Å². The van der Waals surface area contributed by atoms with Crippen molar-refractivity contribution in [2.45, 2.75) is 51.8 Å². The van der Waals surface area contributed by atoms with Crippen molar-refractivity contribution >= 4 is 17.6 Å². The number of hydrogen-bond acceptors (Lipinski definition) is 6. The first-order chi connectivity index (χ1) is 17.2. The van der Waals surface area contributed by atoms with E-state index in [0.29, 0.717) is 36.2 Å². The molecule has 1 aliphatic carbocycles. The highest BCUT2D eigenvalue weighted by Gasteiger charge is 2.55. The standard InChI is InChI=1S/C26H35N7O3/c1-17(2)28-23(29-18(3)27)21-16-33-13-14-35-22-15-19(5-6-20(22)24(33)30-21)36-26(7-8-26)25(34)32-11-9-31(4)10-12-32/h5-6,15-17H,7-14H2,1-4H3,(H2,27,28,29). The van der Waals surface area contributed by atoms with Gasteiger partial charge >= 0.3 is 0 Å². The largest absolute Gasteiger partial charge is 0.491 e. The third-order valence-corrected chi connectivity index (χ3v) is 6.71. The zero-order valence-corrected chi connectivity index (χ0v) is 21.5. The summed E-state index contributed by atoms with van der Waals surface area (Å²) in [4.78, 5) is 26.6. The Balaban J connectivity index is 1.38. The van der Waals surface area contributed by atoms with Crippen LogP contribution < -0.4 is 14.8 Å². The fourth-order valence-electron chi connectivity index (χ4n) is 4.64. The maximum atomic E-state index is 13.2. The SMILES string of the molecule is CC(=N)/N=C(\NC(C)C)c1cn2c(n1)-c1ccc(OC3(C(=O)N4CCN(C)CC4)CC3)cc1OCC2. The van der Waals surface area contributed by atoms with Crippen molar-refractivity contribution in [2.24, 2.45) is 4.99 Å². The molecule has 10 heteroatoms. The molecule has 0 spiro atoms. The summed E-state index contributed by atoms with van der Waals surface area (Å²) in [5.41, 5.74) is 0.795. The number of rotatable bonds is 5. The molecule has 1 aromatic carbocycles. The molecule has 10 nitrogen and oxygen atoms in total. The fraction of sp³-hybridized carbons (Fsp3) is 0.538. The van der Waals surface area contributed by atoms with Gasteiger partial charge in [-0.25, -0.2) is 9.98 Å². The van der Waals surface area contributed by atoms with Gasteiger partial charge in [0, 0.05) is 57.3 Å². The van der Waals surface area contributed by atoms with E-state index in [9.17, 15) is 4.79 Å². The minimum atomic E-state index is -0.751. The van der Waals surface area contributed by atoms with Crippen LogP contribution in [-0.2, 0) is 11.3 Å². The Morgan fingerprint density at radius 2 is 1.97 bits per heavy atom. The molecule has 1 saturated heterocycles. The number of nitrogens with zero attached hydrogens (tertiary/aromatic N) is 5. The number of likely N-dealkylation sites (N-methyl/N-ethyl adjacent to an activating group) is 1. The van der Waals surface area contributed by atoms with Gasteiger partial charge in [0.1, 0.15) is 35.5 Å². The van der Waals surface area contributed by atoms with Crippen LogP contribution in [0.3, 0.4) is 0 Å². The number of benzene rings is 1. The van der Waals surface area contributed by atoms with Crippen molar-refractivity contribution in [1.82, 2.24) is 24.7 Å². The number of aromatic nitrogens is 2. The zero-order chi connectivity index (χ0) is 25.4. The topological polar surface area (TPSA) is 108 Å². The highest BCUT2D eigenvalue weighted by Crippen LogP contribution is 2.44. The van der Waals surface area contributed by atoms with E-state index in [-0.39, 0.29) is 17.8 Å². The van der Waals surface area contributed by atoms with E-state index in [1.807, 2.05) is 43.1 Å². The lowest BCUT2D eigenvalue weighted by molar-refractivity contribution is -0.142. The summed E-state index contributed by atoms with van der Waals surface area (Å²) in [6.07, 6.45) is 3.42. The summed E-state index contributed by atoms with van der Waals surface area (Å²) >= 11 is 0. The van der Waals surface area contributed by atoms with Crippen LogP contribution in [0.2, 0.25) is 0 Å². The van der Waals surface area contributed by atoms with Gasteiger partial charge < -0.3 is 29.2 Å². The molecule has 2 N–H and O–H groups in total. The van der Waals surface area contributed by atoms with Crippen LogP contribution in [0.1, 0.15) is 39.3 Å². The number of imidazole rings is 1. The van der Waals surface area contributed by atoms with Gasteiger partial charge in [-0.3, -0.25) is 10.2 Å². The number of hydrogen-bond donors (Lipinski definition) is 2. The third kappa shape index (κ3) is 4.95. The normalized spacial score (nSPS) is 19.1. The second-order valence-electron chi connectivity index (χ2n) is 10.2. The highest BCUT2D eigenvalue weighted by molar-refractivity contribution is 6.04. The molecule has 0 atom stereocenters. The number of carbonyl (C=O) groups is 1. The Morgan fingerprint density at radius 3 is 2.64 bits per heavy atom. The van der Waals surface area contributed by atoms with Crippen LogP contribution in [-0.4, -0.2) is 88.4 Å². The molecule has 192 valence electrons. The molecule has 3 aliphatic rings. The molecule has 1 amide bonds. The summed E-state index contributed by atoms with van der Waals surface area (Å²) in [5, 5.41) is 11.1. The minimum absolute atomic E-state index is 0.0950. The van der Waals surface area contributed by atoms with E-state index < -0.39 is 5.60 Å². The van der Waals surface area contributed by atoms with Crippen LogP contribution in [0, 0.1) is 5.41 Å². The summed E-state index contributed by atoms with van der Waals surface area (Å²) in [6.45, 7) is 10.1. The first-order valence-corrected chi connectivity index (χ1v) is 12.7. The second kappa shape index (κ2) is 9.57. The number of nitrogens with one attached hydrogen (secondary N) is 2. The van der Waals surface area contributed by atoms with Crippen molar-refractivity contribution < 1.29 is 14.3 Å². The molecule has 3 heterocycles. The number of amidine groups is 2. The van der Waals surface area contributed by atoms with Gasteiger partial charge in [0.05, 0.1) is 12.1 Å². The number of carbonyl (C=O) groups excluding carboxylic acids is 1. The predicted molar refractivity (Wildman–Crippen MR) is 138 cm³/mol. The summed E-state index contributed by atoms with van der Waals surface area (Å²) in [5.74, 6) is 2.99. The molecule has 36 heavy (non-hydrogen) atoms. The summed E-state index contributed by atoms with van der Waals surface area (Å²) in [6, 6.07) is 5.87. The summed E-state index contributed by atoms with van der Waals surface area (Å²) < 4.78 is 14.4. The first-order valence-electron chi connectivity index (χ1n) is 12.7. The van der Waals surface area contributed by atoms with Crippen molar-refractivity contribution in [3.63, 3.8) is 0 Å². The van der Waals surface area contributed by atoms with Gasteiger partial charge in [-0.1, -0.05) is 0 Å². The van der Waals surface area contributed by atoms with Crippen molar-refractivity contribution in [3.05, 3.63) is 30.1 Å². The predicted octanol–water partition coefficient (Wildman–Crippen LogP) is 2.37. The second-order valence-corrected chi connectivity index (χ2v) is 10.2. The number of aliphatic imine (C=N–C) groups is 1. The van der Waals surface area contributed by atoms with E-state index in [2.05, 4.69) is 26.8 Å². The van der Waals surface area contributed by atoms with E-state index >= 15 is 0 Å². The van der Waals surface area contributed by atoms with Crippen molar-refractivity contribution in [1.29, 1.82) is 5.41 Å². The molecule has 0 unspecified atom stereocenters. The van der Waals surface area contributed by atoms with Gasteiger partial charge in [-0.05, 0) is 40.0 Å². The Hall–Kier alpha value is -3.40. The maximum Gasteiger partial charge on any atom is 0.266 e. The molecule has 0 bridgehead atoms. The van der Waals surface area contributed by atoms with Crippen molar-refractivity contribution in [3.8, 4) is 22.9 Å². The average molecular weight is 494 g/mol. The zero-order valence-electron chi connectivity index (χ0n) is 21.5. The van der Waals surface area contributed by atoms with Gasteiger partial charge in [0.25, 0.3) is 5.91 Å². The Morgan fingerprint density at radius 1 is 1.22 bits per heavy atom. The lowest BCUT2D eigenvalue weighted by Gasteiger charge is -2.34. The summed E-state index contributed by atoms with van der Waals surface area (Å²) in [7, 11) is 2.08. The van der Waals surface area contributed by atoms with E-state index in [1.54, 1.807) is 6.92 Å². The van der Waals surface area contributed by atoms with Gasteiger partial charge in [0.2, 0.25) is 0 Å². The monoisotopic (exact) mass is 493 g/mol. The molecule has 1 saturated carbocycles. The van der Waals surface area contributed by atoms with Crippen molar-refractivity contribution in [2.75, 3.05) is 39.8 Å². The smallest absolute Gasteiger partial charge is 0.266 e. The number of fused-ring (bicyclic) bond motifs is 3. The van der Waals surface area contributed by atoms with E-state index in [0.717, 1.165) is 50.4 Å². The lowest BCUT2D eigenvalue weighted by atomic mass is 10.1. The molecule has 0 radical (unpaired) electrons. The number of ether oxygens (including phenoxy) is 2. The Labute approximate surface area is 211 Å². The Kier molecular flexibility index (Phi) is 6.46. The third-order valence-electron chi connectivity index (χ3n) is 6.71. The molecular formula is C26H35N7O3. The first kappa shape index (κ1) is 24.3. The number of piperazine rings is 1. The van der Waals surface area contributed by atoms with Crippen LogP contribution in [0.25, 0.3) is 11.4 Å². The van der Waals surface area contributed by atoms with Gasteiger partial charge in [0.15, 0.2) is 11.4 Å². The fourth-order valence-corrected chi connectivity index (χ4v) is 4.64. The molecular weight excluding hydrogens is 458 g/mol. The average Bonchev–Trinajstić information content (AvgIpc) is 3.52. The van der Waals surface area contributed by atoms with Crippen LogP contribution in [0.15, 0.2) is 29.4 Å². The molecule has 2 aliphatic heterocycles. The molecule has 5 rings (SSSR count). The van der Waals surface area contributed by atoms with Crippen LogP contribution >= 0.6 is 0 Å². The molecule has 2 fully saturated rings. The van der Waals surface area contributed by atoms with Crippen LogP contribution in [0.5, 0.6) is 11.5 Å². The lowest BCUT2D eigenvalue weighted by Crippen LogP contribution is -2.52. The Bertz CT molecular complexity index is 1190. The van der Waals surface area contributed by atoms with Crippen LogP contribution in [0.4, 0.5) is 0 Å². The van der Waals surface area contributed by atoms with E-state index in [1.165, 1.54) is 0 Å². The van der Waals surface area contributed by atoms with Gasteiger partial charge in [-0.2, -0.15) is 0 Å².